The van der Waals surface area contributed by atoms with E-state index in [4.69, 9.17) is 21.8 Å². The quantitative estimate of drug-likeness (QED) is 0.941. The maximum Gasteiger partial charge on any atom is 0.226 e. The third-order valence-electron chi connectivity index (χ3n) is 3.73. The normalized spacial score (nSPS) is 19.6. The number of aromatic nitrogens is 1. The third kappa shape index (κ3) is 3.03. The second-order valence-corrected chi connectivity index (χ2v) is 5.71. The van der Waals surface area contributed by atoms with Gasteiger partial charge in [0.1, 0.15) is 6.26 Å². The van der Waals surface area contributed by atoms with Crippen LogP contribution in [-0.2, 0) is 6.54 Å². The lowest BCUT2D eigenvalue weighted by Gasteiger charge is -2.13. The van der Waals surface area contributed by atoms with Crippen molar-refractivity contribution in [1.82, 2.24) is 9.88 Å². The number of nitrogens with zero attached hydrogens (tertiary/aromatic N) is 2. The fraction of sp³-hybridized carbons (Fsp3) is 0.400. The maximum atomic E-state index is 5.88. The molecule has 2 N–H and O–H groups in total. The number of rotatable bonds is 4. The summed E-state index contributed by atoms with van der Waals surface area (Å²) in [7, 11) is 0. The van der Waals surface area contributed by atoms with Gasteiger partial charge in [-0.15, -0.1) is 0 Å². The summed E-state index contributed by atoms with van der Waals surface area (Å²) in [5, 5.41) is 0.713. The van der Waals surface area contributed by atoms with Crippen molar-refractivity contribution in [2.75, 3.05) is 19.6 Å². The minimum Gasteiger partial charge on any atom is -0.444 e. The lowest BCUT2D eigenvalue weighted by molar-refractivity contribution is 0.313. The van der Waals surface area contributed by atoms with Gasteiger partial charge in [0.2, 0.25) is 5.89 Å². The Balaban J connectivity index is 1.66. The molecule has 0 aliphatic carbocycles. The van der Waals surface area contributed by atoms with Crippen LogP contribution in [0.25, 0.3) is 11.5 Å². The highest BCUT2D eigenvalue weighted by Gasteiger charge is 2.22. The molecule has 3 rings (SSSR count). The molecule has 5 heteroatoms. The van der Waals surface area contributed by atoms with Crippen molar-refractivity contribution in [2.24, 2.45) is 11.7 Å². The Labute approximate surface area is 123 Å². The zero-order valence-electron chi connectivity index (χ0n) is 11.3. The molecule has 1 saturated heterocycles. The summed E-state index contributed by atoms with van der Waals surface area (Å²) in [6.45, 7) is 3.74. The van der Waals surface area contributed by atoms with Crippen LogP contribution in [-0.4, -0.2) is 29.5 Å². The fourth-order valence-corrected chi connectivity index (χ4v) is 2.71. The van der Waals surface area contributed by atoms with Gasteiger partial charge in [-0.1, -0.05) is 11.6 Å². The van der Waals surface area contributed by atoms with E-state index in [9.17, 15) is 0 Å². The number of oxazole rings is 1. The molecule has 2 heterocycles. The molecule has 1 aliphatic heterocycles. The van der Waals surface area contributed by atoms with Crippen molar-refractivity contribution >= 4 is 11.6 Å². The minimum absolute atomic E-state index is 0.623. The van der Waals surface area contributed by atoms with E-state index in [2.05, 4.69) is 9.88 Å². The molecule has 0 saturated carbocycles. The summed E-state index contributed by atoms with van der Waals surface area (Å²) in [5.41, 5.74) is 7.62. The third-order valence-corrected chi connectivity index (χ3v) is 3.98. The summed E-state index contributed by atoms with van der Waals surface area (Å²) in [4.78, 5) is 6.92. The van der Waals surface area contributed by atoms with Crippen LogP contribution in [0.1, 0.15) is 12.1 Å². The van der Waals surface area contributed by atoms with Gasteiger partial charge in [0.15, 0.2) is 0 Å². The van der Waals surface area contributed by atoms with Crippen molar-refractivity contribution in [1.29, 1.82) is 0 Å². The highest BCUT2D eigenvalue weighted by atomic mass is 35.5. The van der Waals surface area contributed by atoms with E-state index in [-0.39, 0.29) is 0 Å². The van der Waals surface area contributed by atoms with Gasteiger partial charge >= 0.3 is 0 Å². The van der Waals surface area contributed by atoms with Crippen molar-refractivity contribution in [3.63, 3.8) is 0 Å². The number of hydrogen-bond acceptors (Lipinski definition) is 4. The van der Waals surface area contributed by atoms with E-state index in [1.165, 1.54) is 6.42 Å². The van der Waals surface area contributed by atoms with Gasteiger partial charge in [0.25, 0.3) is 0 Å². The molecular weight excluding hydrogens is 274 g/mol. The van der Waals surface area contributed by atoms with Crippen LogP contribution in [0.15, 0.2) is 34.9 Å². The molecule has 0 bridgehead atoms. The van der Waals surface area contributed by atoms with Crippen LogP contribution < -0.4 is 5.73 Å². The van der Waals surface area contributed by atoms with Crippen molar-refractivity contribution < 1.29 is 4.42 Å². The van der Waals surface area contributed by atoms with Gasteiger partial charge in [-0.25, -0.2) is 4.98 Å². The molecular formula is C15H18ClN3O. The van der Waals surface area contributed by atoms with Crippen molar-refractivity contribution in [3.05, 3.63) is 41.2 Å². The molecule has 1 unspecified atom stereocenters. The summed E-state index contributed by atoms with van der Waals surface area (Å²) >= 11 is 5.88. The van der Waals surface area contributed by atoms with Gasteiger partial charge in [-0.05, 0) is 49.7 Å². The Bertz CT molecular complexity index is 567. The minimum atomic E-state index is 0.623. The van der Waals surface area contributed by atoms with E-state index < -0.39 is 0 Å². The van der Waals surface area contributed by atoms with E-state index >= 15 is 0 Å². The Kier molecular flexibility index (Phi) is 4.05. The molecule has 1 aliphatic rings. The van der Waals surface area contributed by atoms with Crippen LogP contribution in [0.2, 0.25) is 5.02 Å². The molecule has 106 valence electrons. The van der Waals surface area contributed by atoms with E-state index in [1.54, 1.807) is 6.26 Å². The molecule has 4 nitrogen and oxygen atoms in total. The fourth-order valence-electron chi connectivity index (χ4n) is 2.58. The Morgan fingerprint density at radius 3 is 2.85 bits per heavy atom. The summed E-state index contributed by atoms with van der Waals surface area (Å²) < 4.78 is 5.55. The van der Waals surface area contributed by atoms with Crippen LogP contribution in [0, 0.1) is 5.92 Å². The predicted molar refractivity (Wildman–Crippen MR) is 79.4 cm³/mol. The predicted octanol–water partition coefficient (Wildman–Crippen LogP) is 2.78. The maximum absolute atomic E-state index is 5.88. The van der Waals surface area contributed by atoms with E-state index in [0.29, 0.717) is 16.8 Å². The SMILES string of the molecule is NCC1CCN(Cc2coc(-c3ccc(Cl)cc3)n2)C1. The van der Waals surface area contributed by atoms with Crippen LogP contribution in [0.5, 0.6) is 0 Å². The zero-order chi connectivity index (χ0) is 13.9. The summed E-state index contributed by atoms with van der Waals surface area (Å²) in [6, 6.07) is 7.51. The number of hydrogen-bond donors (Lipinski definition) is 1. The second-order valence-electron chi connectivity index (χ2n) is 5.28. The first-order valence-corrected chi connectivity index (χ1v) is 7.25. The molecule has 1 atom stereocenters. The highest BCUT2D eigenvalue weighted by molar-refractivity contribution is 6.30. The standard InChI is InChI=1S/C15H18ClN3O/c16-13-3-1-12(2-4-13)15-18-14(10-20-15)9-19-6-5-11(7-17)8-19/h1-4,10-11H,5-9,17H2. The first-order valence-electron chi connectivity index (χ1n) is 6.87. The number of likely N-dealkylation sites (tertiary alicyclic amines) is 1. The van der Waals surface area contributed by atoms with Crippen LogP contribution >= 0.6 is 11.6 Å². The topological polar surface area (TPSA) is 55.3 Å². The second kappa shape index (κ2) is 5.95. The van der Waals surface area contributed by atoms with Crippen LogP contribution in [0.4, 0.5) is 0 Å². The molecule has 1 aromatic heterocycles. The molecule has 2 aromatic rings. The molecule has 0 spiro atoms. The molecule has 20 heavy (non-hydrogen) atoms. The van der Waals surface area contributed by atoms with Gasteiger partial charge in [0, 0.05) is 23.7 Å². The molecule has 0 radical (unpaired) electrons. The van der Waals surface area contributed by atoms with Gasteiger partial charge < -0.3 is 10.2 Å². The van der Waals surface area contributed by atoms with Gasteiger partial charge in [0.05, 0.1) is 5.69 Å². The average molecular weight is 292 g/mol. The summed E-state index contributed by atoms with van der Waals surface area (Å²) in [5.74, 6) is 1.27. The number of nitrogens with two attached hydrogens (primary N) is 1. The van der Waals surface area contributed by atoms with E-state index in [1.807, 2.05) is 24.3 Å². The lowest BCUT2D eigenvalue weighted by atomic mass is 10.1. The zero-order valence-corrected chi connectivity index (χ0v) is 12.0. The molecule has 0 amide bonds. The van der Waals surface area contributed by atoms with E-state index in [0.717, 1.165) is 37.4 Å². The van der Waals surface area contributed by atoms with Crippen LogP contribution in [0.3, 0.4) is 0 Å². The number of benzene rings is 1. The smallest absolute Gasteiger partial charge is 0.226 e. The molecule has 1 aromatic carbocycles. The van der Waals surface area contributed by atoms with Crippen molar-refractivity contribution in [2.45, 2.75) is 13.0 Å². The summed E-state index contributed by atoms with van der Waals surface area (Å²) in [6.07, 6.45) is 2.91. The number of halogens is 1. The Hall–Kier alpha value is -1.36. The lowest BCUT2D eigenvalue weighted by Crippen LogP contribution is -2.22. The Morgan fingerprint density at radius 2 is 2.15 bits per heavy atom. The monoisotopic (exact) mass is 291 g/mol. The Morgan fingerprint density at radius 1 is 1.35 bits per heavy atom. The van der Waals surface area contributed by atoms with Crippen molar-refractivity contribution in [3.8, 4) is 11.5 Å². The first kappa shape index (κ1) is 13.6. The highest BCUT2D eigenvalue weighted by Crippen LogP contribution is 2.22. The average Bonchev–Trinajstić information content (AvgIpc) is 3.09. The van der Waals surface area contributed by atoms with Gasteiger partial charge in [-0.3, -0.25) is 4.90 Å². The van der Waals surface area contributed by atoms with Gasteiger partial charge in [-0.2, -0.15) is 0 Å². The largest absolute Gasteiger partial charge is 0.444 e. The molecule has 1 fully saturated rings. The first-order chi connectivity index (χ1) is 9.74.